The highest BCUT2D eigenvalue weighted by atomic mass is 32.1. The normalized spacial score (nSPS) is 30.6. The van der Waals surface area contributed by atoms with Gasteiger partial charge < -0.3 is 20.3 Å². The maximum absolute atomic E-state index is 14.4. The van der Waals surface area contributed by atoms with Crippen LogP contribution in [0.1, 0.15) is 61.5 Å². The molecule has 6 heterocycles. The fourth-order valence-corrected chi connectivity index (χ4v) is 9.02. The van der Waals surface area contributed by atoms with E-state index < -0.39 is 6.17 Å². The van der Waals surface area contributed by atoms with E-state index in [0.717, 1.165) is 57.2 Å². The van der Waals surface area contributed by atoms with Crippen molar-refractivity contribution in [3.05, 3.63) is 16.0 Å². The van der Waals surface area contributed by atoms with Gasteiger partial charge in [-0.2, -0.15) is 25.5 Å². The van der Waals surface area contributed by atoms with E-state index in [1.54, 1.807) is 11.3 Å². The zero-order chi connectivity index (χ0) is 27.6. The Hall–Kier alpha value is -3.22. The highest BCUT2D eigenvalue weighted by Gasteiger charge is 2.53. The van der Waals surface area contributed by atoms with Gasteiger partial charge in [0.1, 0.15) is 23.8 Å². The molecule has 40 heavy (non-hydrogen) atoms. The summed E-state index contributed by atoms with van der Waals surface area (Å²) in [5, 5.41) is 20.1. The monoisotopic (exact) mass is 563 g/mol. The van der Waals surface area contributed by atoms with Gasteiger partial charge >= 0.3 is 6.01 Å². The highest BCUT2D eigenvalue weighted by Crippen LogP contribution is 2.52. The maximum Gasteiger partial charge on any atom is 0.323 e. The van der Waals surface area contributed by atoms with Crippen LogP contribution in [0.5, 0.6) is 6.01 Å². The predicted molar refractivity (Wildman–Crippen MR) is 149 cm³/mol. The molecule has 0 saturated carbocycles. The van der Waals surface area contributed by atoms with E-state index in [1.165, 1.54) is 4.88 Å². The largest absolute Gasteiger partial charge is 0.461 e. The van der Waals surface area contributed by atoms with Crippen LogP contribution in [-0.4, -0.2) is 76.9 Å². The fourth-order valence-electron chi connectivity index (χ4n) is 7.88. The number of nitrogen functional groups attached to an aromatic ring is 1. The molecule has 12 heteroatoms. The lowest BCUT2D eigenvalue weighted by atomic mass is 9.74. The molecule has 1 aliphatic carbocycles. The van der Waals surface area contributed by atoms with Crippen molar-refractivity contribution in [3.8, 4) is 18.1 Å². The van der Waals surface area contributed by atoms with E-state index in [-0.39, 0.29) is 28.9 Å². The van der Waals surface area contributed by atoms with Crippen molar-refractivity contribution >= 4 is 28.2 Å². The summed E-state index contributed by atoms with van der Waals surface area (Å²) in [4.78, 5) is 22.1. The van der Waals surface area contributed by atoms with Crippen LogP contribution in [0.2, 0.25) is 0 Å². The summed E-state index contributed by atoms with van der Waals surface area (Å²) in [5.41, 5.74) is 7.50. The van der Waals surface area contributed by atoms with Gasteiger partial charge in [-0.15, -0.1) is 11.3 Å². The molecule has 0 amide bonds. The number of ether oxygens (including phenoxy) is 1. The first kappa shape index (κ1) is 25.7. The number of fused-ring (bicyclic) bond motifs is 3. The number of thiophene rings is 1. The van der Waals surface area contributed by atoms with Crippen molar-refractivity contribution in [2.24, 2.45) is 5.92 Å². The van der Waals surface area contributed by atoms with Gasteiger partial charge in [0.2, 0.25) is 11.9 Å². The number of nitriles is 2. The van der Waals surface area contributed by atoms with Gasteiger partial charge in [0, 0.05) is 48.9 Å². The van der Waals surface area contributed by atoms with E-state index in [1.807, 2.05) is 0 Å². The number of alkyl halides is 1. The van der Waals surface area contributed by atoms with Gasteiger partial charge in [-0.1, -0.05) is 0 Å². The number of nitrogens with two attached hydrogens (primary N) is 1. The molecule has 0 bridgehead atoms. The minimum absolute atomic E-state index is 0.0278. The number of piperidine rings is 1. The van der Waals surface area contributed by atoms with Crippen LogP contribution in [0.15, 0.2) is 0 Å². The molecule has 4 fully saturated rings. The van der Waals surface area contributed by atoms with Gasteiger partial charge in [-0.05, 0) is 57.6 Å². The molecule has 10 nitrogen and oxygen atoms in total. The smallest absolute Gasteiger partial charge is 0.323 e. The lowest BCUT2D eigenvalue weighted by Crippen LogP contribution is -2.59. The van der Waals surface area contributed by atoms with Crippen LogP contribution < -0.4 is 20.3 Å². The fraction of sp³-hybridized carbons (Fsp3) is 0.679. The molecule has 210 valence electrons. The number of hydrogen-bond donors (Lipinski definition) is 1. The number of aromatic nitrogens is 3. The summed E-state index contributed by atoms with van der Waals surface area (Å²) in [6.45, 7) is 5.92. The molecule has 1 unspecified atom stereocenters. The van der Waals surface area contributed by atoms with Crippen LogP contribution in [0.4, 0.5) is 21.3 Å². The topological polar surface area (TPSA) is 131 Å². The van der Waals surface area contributed by atoms with Crippen LogP contribution in [0.3, 0.4) is 0 Å². The Labute approximate surface area is 237 Å². The number of halogens is 1. The molecule has 0 radical (unpaired) electrons. The molecule has 2 N–H and O–H groups in total. The third kappa shape index (κ3) is 3.91. The van der Waals surface area contributed by atoms with Crippen molar-refractivity contribution in [2.75, 3.05) is 54.9 Å². The summed E-state index contributed by atoms with van der Waals surface area (Å²) in [6.07, 6.45) is 5.27. The highest BCUT2D eigenvalue weighted by molar-refractivity contribution is 7.16. The Kier molecular flexibility index (Phi) is 6.06. The van der Waals surface area contributed by atoms with Crippen molar-refractivity contribution < 1.29 is 9.13 Å². The Balaban J connectivity index is 1.18. The Bertz CT molecular complexity index is 1410. The van der Waals surface area contributed by atoms with E-state index >= 15 is 0 Å². The SMILES string of the molecule is C[C@@H]1[C@H](C#N)CCCN1c1nc(OC[C@@]23CCCN2CC(F)C3)nc(N2CC3(CCc4sc(N)c(C#N)c43)C2)n1. The average Bonchev–Trinajstić information content (AvgIpc) is 3.64. The summed E-state index contributed by atoms with van der Waals surface area (Å²) in [5.74, 6) is 0.970. The second kappa shape index (κ2) is 9.42. The standard InChI is InChI=1S/C28H34FN9OS/c1-17-18(11-30)4-2-9-38(17)25-33-24(34-26(35-25)39-16-28-6-3-8-37(28)13-19(29)10-28)36-14-27(15-36)7-5-21-22(27)20(12-31)23(32)40-21/h17-19H,2-10,13-16,32H2,1H3/t17-,18+,19?,28+/m1/s1. The lowest BCUT2D eigenvalue weighted by Gasteiger charge is -2.48. The van der Waals surface area contributed by atoms with Gasteiger partial charge in [0.05, 0.1) is 23.1 Å². The molecular formula is C28H34FN9OS. The van der Waals surface area contributed by atoms with Crippen molar-refractivity contribution in [1.82, 2.24) is 19.9 Å². The molecule has 7 rings (SSSR count). The summed E-state index contributed by atoms with van der Waals surface area (Å²) >= 11 is 1.54. The molecule has 4 aliphatic heterocycles. The summed E-state index contributed by atoms with van der Waals surface area (Å²) in [7, 11) is 0. The third-order valence-electron chi connectivity index (χ3n) is 9.98. The quantitative estimate of drug-likeness (QED) is 0.579. The van der Waals surface area contributed by atoms with Gasteiger partial charge in [0.15, 0.2) is 0 Å². The van der Waals surface area contributed by atoms with E-state index in [0.29, 0.717) is 55.1 Å². The zero-order valence-corrected chi connectivity index (χ0v) is 23.6. The molecule has 1 spiro atoms. The first-order valence-electron chi connectivity index (χ1n) is 14.4. The second-order valence-corrected chi connectivity index (χ2v) is 13.4. The first-order chi connectivity index (χ1) is 19.3. The van der Waals surface area contributed by atoms with Gasteiger partial charge in [0.25, 0.3) is 0 Å². The Morgan fingerprint density at radius 3 is 2.77 bits per heavy atom. The zero-order valence-electron chi connectivity index (χ0n) is 22.8. The van der Waals surface area contributed by atoms with Crippen molar-refractivity contribution in [2.45, 2.75) is 75.0 Å². The first-order valence-corrected chi connectivity index (χ1v) is 15.2. The van der Waals surface area contributed by atoms with Crippen molar-refractivity contribution in [3.63, 3.8) is 0 Å². The third-order valence-corrected chi connectivity index (χ3v) is 11.1. The minimum Gasteiger partial charge on any atom is -0.461 e. The second-order valence-electron chi connectivity index (χ2n) is 12.3. The minimum atomic E-state index is -0.830. The number of rotatable bonds is 5. The van der Waals surface area contributed by atoms with Gasteiger partial charge in [-0.3, -0.25) is 4.90 Å². The molecule has 4 atom stereocenters. The summed E-state index contributed by atoms with van der Waals surface area (Å²) < 4.78 is 20.6. The maximum atomic E-state index is 14.4. The summed E-state index contributed by atoms with van der Waals surface area (Å²) in [6, 6.07) is 5.00. The molecule has 0 aromatic carbocycles. The van der Waals surface area contributed by atoms with Crippen LogP contribution in [-0.2, 0) is 11.8 Å². The number of aryl methyl sites for hydroxylation is 1. The van der Waals surface area contributed by atoms with E-state index in [2.05, 4.69) is 33.8 Å². The number of hydrogen-bond acceptors (Lipinski definition) is 11. The average molecular weight is 564 g/mol. The molecule has 4 saturated heterocycles. The molecule has 5 aliphatic rings. The number of nitrogens with zero attached hydrogens (tertiary/aromatic N) is 8. The molecule has 2 aromatic heterocycles. The predicted octanol–water partition coefficient (Wildman–Crippen LogP) is 3.17. The van der Waals surface area contributed by atoms with E-state index in [4.69, 9.17) is 25.4 Å². The Morgan fingerprint density at radius 1 is 1.15 bits per heavy atom. The molecular weight excluding hydrogens is 529 g/mol. The van der Waals surface area contributed by atoms with Crippen LogP contribution in [0, 0.1) is 28.6 Å². The van der Waals surface area contributed by atoms with E-state index in [9.17, 15) is 14.9 Å². The molecule has 2 aromatic rings. The number of anilines is 3. The van der Waals surface area contributed by atoms with Gasteiger partial charge in [-0.25, -0.2) is 4.39 Å². The van der Waals surface area contributed by atoms with Crippen molar-refractivity contribution in [1.29, 1.82) is 10.5 Å². The van der Waals surface area contributed by atoms with Crippen LogP contribution in [0.25, 0.3) is 0 Å². The van der Waals surface area contributed by atoms with Crippen LogP contribution >= 0.6 is 11.3 Å². The Morgan fingerprint density at radius 2 is 1.98 bits per heavy atom. The lowest BCUT2D eigenvalue weighted by molar-refractivity contribution is 0.107.